The average molecular weight is 994 g/mol. The number of carbonyl (C=O) groups excluding carboxylic acids is 8. The second-order valence-corrected chi connectivity index (χ2v) is 21.5. The fourth-order valence-corrected chi connectivity index (χ4v) is 13.1. The SMILES string of the molecule is COCC(=O)[C@@]12OC(CCC3CCCC(COC(=O)[C@H](CCCNC(N)=O)NC(=O)[C@@H](NC(=O)CCCCCN4C(=O)C=CC4=O)C(C)C)O3)O[C@@H]1C[C@H]1[C@@H]3CCC4=CC(=O)C=C[C@]4(C)[C@H]3[C@@H](O)C[C@@]12C. The maximum absolute atomic E-state index is 14.3. The van der Waals surface area contributed by atoms with Crippen molar-refractivity contribution >= 4 is 47.2 Å². The van der Waals surface area contributed by atoms with Crippen LogP contribution in [0, 0.1) is 34.5 Å². The Bertz CT molecular complexity index is 2130. The predicted molar refractivity (Wildman–Crippen MR) is 255 cm³/mol. The number of primary amides is 1. The summed E-state index contributed by atoms with van der Waals surface area (Å²) in [5.41, 5.74) is 3.80. The van der Waals surface area contributed by atoms with Crippen LogP contribution >= 0.6 is 0 Å². The second kappa shape index (κ2) is 22.9. The van der Waals surface area contributed by atoms with Gasteiger partial charge in [-0.3, -0.25) is 33.7 Å². The fourth-order valence-electron chi connectivity index (χ4n) is 13.1. The molecule has 13 atom stereocenters. The fraction of sp³-hybridized carbons (Fsp3) is 0.731. The first-order chi connectivity index (χ1) is 33.8. The molecule has 6 N–H and O–H groups in total. The number of nitrogens with one attached hydrogen (secondary N) is 3. The lowest BCUT2D eigenvalue weighted by Crippen LogP contribution is -2.63. The van der Waals surface area contributed by atoms with Crippen LogP contribution in [-0.4, -0.2) is 139 Å². The molecule has 6 amide bonds. The molecule has 7 aliphatic rings. The highest BCUT2D eigenvalue weighted by molar-refractivity contribution is 6.12. The van der Waals surface area contributed by atoms with Crippen molar-refractivity contribution in [3.8, 4) is 0 Å². The zero-order valence-electron chi connectivity index (χ0n) is 42.0. The number of nitrogens with zero attached hydrogens (tertiary/aromatic N) is 1. The van der Waals surface area contributed by atoms with Gasteiger partial charge in [-0.1, -0.05) is 45.8 Å². The van der Waals surface area contributed by atoms with Gasteiger partial charge in [-0.25, -0.2) is 9.59 Å². The lowest BCUT2D eigenvalue weighted by molar-refractivity contribution is -0.202. The Kier molecular flexibility index (Phi) is 17.4. The molecule has 7 rings (SSSR count). The molecule has 3 heterocycles. The molecule has 3 aliphatic heterocycles. The summed E-state index contributed by atoms with van der Waals surface area (Å²) in [7, 11) is 1.49. The molecular formula is C52H75N5O14. The standard InChI is InChI=1S/C52H75N5O14/c1-30(2)46(56-41(61)14-7-6-8-24-57-42(62)18-19-43(57)63)47(64)55-37(13-10-23-54-49(53)66)48(65)68-28-34-12-9-11-33(69-34)16-20-44-70-40-26-36-35-17-15-31-25-32(58)21-22-50(31,3)45(35)38(59)27-51(36,4)52(40,71-44)39(60)29-67-5/h18-19,21-22,25,30,33-38,40,44-46,59H,6-17,20,23-24,26-29H2,1-5H3,(H,55,64)(H,56,61)(H3,53,54,66)/t33?,34?,35-,36-,37-,38-,40+,44?,45+,46-,50-,51-,52+/m0/s1. The molecule has 0 bridgehead atoms. The molecule has 0 spiro atoms. The Morgan fingerprint density at radius 1 is 0.944 bits per heavy atom. The molecule has 3 saturated carbocycles. The number of ketones is 2. The number of aliphatic hydroxyl groups excluding tert-OH is 1. The number of methoxy groups -OCH3 is 1. The topological polar surface area (TPSA) is 268 Å². The number of ether oxygens (including phenoxy) is 5. The van der Waals surface area contributed by atoms with Gasteiger partial charge in [0.05, 0.1) is 24.4 Å². The van der Waals surface area contributed by atoms with Gasteiger partial charge >= 0.3 is 12.0 Å². The van der Waals surface area contributed by atoms with Gasteiger partial charge < -0.3 is 50.5 Å². The first kappa shape index (κ1) is 54.0. The quantitative estimate of drug-likeness (QED) is 0.0558. The van der Waals surface area contributed by atoms with E-state index < -0.39 is 71.0 Å². The number of Topliss-reactive ketones (excluding diaryl/α,β-unsaturated/α-hetero) is 1. The van der Waals surface area contributed by atoms with Crippen LogP contribution < -0.4 is 21.7 Å². The summed E-state index contributed by atoms with van der Waals surface area (Å²) >= 11 is 0. The Morgan fingerprint density at radius 3 is 2.41 bits per heavy atom. The third-order valence-electron chi connectivity index (χ3n) is 16.6. The number of hydrogen-bond donors (Lipinski definition) is 5. The average Bonchev–Trinajstić information content (AvgIpc) is 3.94. The van der Waals surface area contributed by atoms with Gasteiger partial charge in [-0.2, -0.15) is 0 Å². The highest BCUT2D eigenvalue weighted by Gasteiger charge is 2.75. The second-order valence-electron chi connectivity index (χ2n) is 21.5. The van der Waals surface area contributed by atoms with Crippen molar-refractivity contribution in [2.24, 2.45) is 40.2 Å². The van der Waals surface area contributed by atoms with E-state index in [1.54, 1.807) is 26.0 Å². The van der Waals surface area contributed by atoms with E-state index in [2.05, 4.69) is 29.8 Å². The Morgan fingerprint density at radius 2 is 1.69 bits per heavy atom. The number of imide groups is 1. The van der Waals surface area contributed by atoms with E-state index in [0.29, 0.717) is 57.8 Å². The summed E-state index contributed by atoms with van der Waals surface area (Å²) in [5, 5.41) is 20.1. The zero-order valence-corrected chi connectivity index (χ0v) is 42.0. The minimum Gasteiger partial charge on any atom is -0.461 e. The van der Waals surface area contributed by atoms with Crippen molar-refractivity contribution in [3.63, 3.8) is 0 Å². The normalized spacial score (nSPS) is 33.6. The van der Waals surface area contributed by atoms with Gasteiger partial charge in [0.2, 0.25) is 11.8 Å². The molecule has 0 aromatic rings. The van der Waals surface area contributed by atoms with E-state index >= 15 is 0 Å². The summed E-state index contributed by atoms with van der Waals surface area (Å²) < 4.78 is 31.2. The summed E-state index contributed by atoms with van der Waals surface area (Å²) in [4.78, 5) is 103. The van der Waals surface area contributed by atoms with Crippen molar-refractivity contribution in [2.45, 2.75) is 172 Å². The Balaban J connectivity index is 0.911. The highest BCUT2D eigenvalue weighted by Crippen LogP contribution is 2.69. The Labute approximate surface area is 416 Å². The van der Waals surface area contributed by atoms with Crippen LogP contribution in [0.3, 0.4) is 0 Å². The van der Waals surface area contributed by atoms with Gasteiger partial charge in [0.15, 0.2) is 23.5 Å². The number of nitrogens with two attached hydrogens (primary N) is 1. The molecule has 0 radical (unpaired) electrons. The monoisotopic (exact) mass is 994 g/mol. The number of fused-ring (bicyclic) bond motifs is 7. The number of aliphatic hydroxyl groups is 1. The molecule has 0 aromatic carbocycles. The largest absolute Gasteiger partial charge is 0.461 e. The van der Waals surface area contributed by atoms with Crippen LogP contribution in [0.25, 0.3) is 0 Å². The number of urea groups is 1. The highest BCUT2D eigenvalue weighted by atomic mass is 16.7. The van der Waals surface area contributed by atoms with Gasteiger partial charge in [0, 0.05) is 61.9 Å². The van der Waals surface area contributed by atoms with Crippen molar-refractivity contribution in [2.75, 3.05) is 33.4 Å². The molecule has 0 aromatic heterocycles. The maximum atomic E-state index is 14.3. The van der Waals surface area contributed by atoms with Gasteiger partial charge in [-0.05, 0) is 107 Å². The van der Waals surface area contributed by atoms with E-state index in [0.717, 1.165) is 36.2 Å². The van der Waals surface area contributed by atoms with Crippen LogP contribution in [0.4, 0.5) is 4.79 Å². The zero-order chi connectivity index (χ0) is 51.3. The van der Waals surface area contributed by atoms with E-state index in [1.165, 1.54) is 19.3 Å². The summed E-state index contributed by atoms with van der Waals surface area (Å²) in [6.07, 6.45) is 13.0. The van der Waals surface area contributed by atoms with Crippen molar-refractivity contribution in [1.82, 2.24) is 20.9 Å². The maximum Gasteiger partial charge on any atom is 0.328 e. The minimum absolute atomic E-state index is 0.0252. The lowest BCUT2D eigenvalue weighted by atomic mass is 9.46. The molecule has 19 nitrogen and oxygen atoms in total. The predicted octanol–water partition coefficient (Wildman–Crippen LogP) is 3.39. The van der Waals surface area contributed by atoms with E-state index in [1.807, 2.05) is 6.08 Å². The van der Waals surface area contributed by atoms with E-state index in [-0.39, 0.29) is 98.2 Å². The number of unbranched alkanes of at least 4 members (excludes halogenated alkanes) is 2. The summed E-state index contributed by atoms with van der Waals surface area (Å²) in [6.45, 7) is 7.94. The molecule has 5 fully saturated rings. The van der Waals surface area contributed by atoms with Gasteiger partial charge in [0.25, 0.3) is 11.8 Å². The van der Waals surface area contributed by atoms with Crippen molar-refractivity contribution < 1.29 is 67.1 Å². The van der Waals surface area contributed by atoms with Crippen molar-refractivity contribution in [3.05, 3.63) is 36.0 Å². The molecule has 4 aliphatic carbocycles. The molecule has 71 heavy (non-hydrogen) atoms. The van der Waals surface area contributed by atoms with Crippen molar-refractivity contribution in [1.29, 1.82) is 0 Å². The van der Waals surface area contributed by atoms with Crippen LogP contribution in [0.5, 0.6) is 0 Å². The van der Waals surface area contributed by atoms with Crippen LogP contribution in [-0.2, 0) is 57.2 Å². The van der Waals surface area contributed by atoms with Crippen LogP contribution in [0.2, 0.25) is 0 Å². The number of allylic oxidation sites excluding steroid dienone is 4. The molecule has 2 saturated heterocycles. The number of carbonyl (C=O) groups is 8. The summed E-state index contributed by atoms with van der Waals surface area (Å²) in [6, 6.07) is -2.79. The summed E-state index contributed by atoms with van der Waals surface area (Å²) in [5.74, 6) is -2.86. The molecule has 392 valence electrons. The number of rotatable bonds is 23. The third-order valence-corrected chi connectivity index (χ3v) is 16.6. The van der Waals surface area contributed by atoms with E-state index in [9.17, 15) is 43.5 Å². The molecular weight excluding hydrogens is 919 g/mol. The number of esters is 1. The van der Waals surface area contributed by atoms with Crippen LogP contribution in [0.15, 0.2) is 36.0 Å². The molecule has 3 unspecified atom stereocenters. The minimum atomic E-state index is -1.31. The smallest absolute Gasteiger partial charge is 0.328 e. The van der Waals surface area contributed by atoms with Crippen LogP contribution in [0.1, 0.15) is 124 Å². The first-order valence-corrected chi connectivity index (χ1v) is 25.8. The lowest BCUT2D eigenvalue weighted by Gasteiger charge is -2.59. The number of amides is 6. The van der Waals surface area contributed by atoms with Gasteiger partial charge in [-0.15, -0.1) is 0 Å². The Hall–Kier alpha value is -4.82. The van der Waals surface area contributed by atoms with E-state index in [4.69, 9.17) is 29.4 Å². The molecule has 19 heteroatoms. The third kappa shape index (κ3) is 11.5. The first-order valence-electron chi connectivity index (χ1n) is 25.8. The van der Waals surface area contributed by atoms with Gasteiger partial charge in [0.1, 0.15) is 25.3 Å². The number of hydrogen-bond acceptors (Lipinski definition) is 14.